The van der Waals surface area contributed by atoms with Gasteiger partial charge in [-0.1, -0.05) is 11.2 Å². The molecule has 7 rings (SSSR count). The lowest BCUT2D eigenvalue weighted by molar-refractivity contribution is -0.0353. The van der Waals surface area contributed by atoms with Gasteiger partial charge in [-0.05, 0) is 90.0 Å². The van der Waals surface area contributed by atoms with Gasteiger partial charge in [0.25, 0.3) is 0 Å². The maximum Gasteiger partial charge on any atom is 0.193 e. The molecule has 2 aromatic rings. The Morgan fingerprint density at radius 2 is 2.02 bits per heavy atom. The summed E-state index contributed by atoms with van der Waals surface area (Å²) in [7, 11) is 3.88. The quantitative estimate of drug-likeness (QED) is 0.396. The van der Waals surface area contributed by atoms with Crippen LogP contribution in [0.5, 0.6) is 0 Å². The van der Waals surface area contributed by atoms with Gasteiger partial charge in [0.15, 0.2) is 29.4 Å². The first-order valence-electron chi connectivity index (χ1n) is 16.3. The standard InChI is InChI=1S/C34H45N7O4/c1-19(25-14-21(42-5)18-41(25)4)43-27-15-28(44-26-17-37-33(26,2)3)39-32(38-27)30-22-9-7-13-34(31(22)45-40-30)12-6-8-20-10-11-24(36)23(16-35)29(20)34/h10-11,15,19,21,25-27,37H,6-9,12-14,17-18,36H2,1-5H3,(H,38,39). The molecule has 1 aromatic heterocycles. The van der Waals surface area contributed by atoms with Gasteiger partial charge in [-0.3, -0.25) is 4.90 Å². The molecule has 11 heteroatoms. The van der Waals surface area contributed by atoms with Gasteiger partial charge >= 0.3 is 0 Å². The first-order chi connectivity index (χ1) is 21.6. The molecule has 4 N–H and O–H groups in total. The fourth-order valence-electron chi connectivity index (χ4n) is 8.19. The number of nitriles is 1. The van der Waals surface area contributed by atoms with E-state index in [9.17, 15) is 5.26 Å². The highest BCUT2D eigenvalue weighted by Crippen LogP contribution is 2.52. The summed E-state index contributed by atoms with van der Waals surface area (Å²) in [5.41, 5.74) is 10.8. The topological polar surface area (TPSA) is 143 Å². The van der Waals surface area contributed by atoms with Gasteiger partial charge in [-0.15, -0.1) is 0 Å². The van der Waals surface area contributed by atoms with E-state index in [-0.39, 0.29) is 29.9 Å². The van der Waals surface area contributed by atoms with Crippen molar-refractivity contribution in [3.05, 3.63) is 57.8 Å². The number of nitrogens with one attached hydrogen (secondary N) is 2. The second-order valence-corrected chi connectivity index (χ2v) is 14.0. The lowest BCUT2D eigenvalue weighted by atomic mass is 9.61. The van der Waals surface area contributed by atoms with E-state index < -0.39 is 11.6 Å². The third-order valence-corrected chi connectivity index (χ3v) is 10.8. The zero-order valence-electron chi connectivity index (χ0n) is 27.0. The van der Waals surface area contributed by atoms with E-state index in [1.807, 2.05) is 12.1 Å². The van der Waals surface area contributed by atoms with Gasteiger partial charge in [-0.25, -0.2) is 4.99 Å². The predicted molar refractivity (Wildman–Crippen MR) is 170 cm³/mol. The molecule has 45 heavy (non-hydrogen) atoms. The number of likely N-dealkylation sites (tertiary alicyclic amines) is 1. The molecule has 240 valence electrons. The van der Waals surface area contributed by atoms with E-state index in [0.717, 1.165) is 74.9 Å². The van der Waals surface area contributed by atoms with Crippen LogP contribution in [-0.2, 0) is 32.5 Å². The molecule has 6 atom stereocenters. The molecule has 4 heterocycles. The molecule has 3 aliphatic heterocycles. The molecule has 2 saturated heterocycles. The zero-order valence-corrected chi connectivity index (χ0v) is 27.0. The van der Waals surface area contributed by atoms with Crippen LogP contribution in [0.15, 0.2) is 33.6 Å². The molecule has 1 spiro atoms. The summed E-state index contributed by atoms with van der Waals surface area (Å²) in [4.78, 5) is 7.34. The SMILES string of the molecule is COC1CC(C(C)OC2C=C(OC3CNC3(C)C)NC(c3noc4c3CCCC43CCCc4ccc(N)c(C#N)c43)=N2)N(C)C1. The minimum absolute atomic E-state index is 0.000181. The number of fused-ring (bicyclic) bond motifs is 4. The number of nitrogen functional groups attached to an aromatic ring is 1. The Morgan fingerprint density at radius 3 is 2.71 bits per heavy atom. The Kier molecular flexibility index (Phi) is 7.68. The molecule has 2 fully saturated rings. The lowest BCUT2D eigenvalue weighted by Crippen LogP contribution is -2.66. The van der Waals surface area contributed by atoms with E-state index in [1.54, 1.807) is 7.11 Å². The summed E-state index contributed by atoms with van der Waals surface area (Å²) in [6.45, 7) is 8.01. The maximum atomic E-state index is 10.2. The number of aryl methyl sites for hydroxylation is 1. The maximum absolute atomic E-state index is 10.2. The van der Waals surface area contributed by atoms with Gasteiger partial charge in [-0.2, -0.15) is 5.26 Å². The number of amidine groups is 1. The fraction of sp³-hybridized carbons (Fsp3) is 0.618. The first-order valence-corrected chi connectivity index (χ1v) is 16.3. The third kappa shape index (κ3) is 5.12. The number of nitrogens with two attached hydrogens (primary N) is 1. The van der Waals surface area contributed by atoms with Crippen molar-refractivity contribution >= 4 is 11.5 Å². The molecule has 0 bridgehead atoms. The number of anilines is 1. The van der Waals surface area contributed by atoms with Crippen molar-refractivity contribution in [3.8, 4) is 6.07 Å². The number of likely N-dealkylation sites (N-methyl/N-ethyl adjacent to an activating group) is 1. The van der Waals surface area contributed by atoms with Crippen LogP contribution in [0, 0.1) is 11.3 Å². The minimum Gasteiger partial charge on any atom is -0.472 e. The van der Waals surface area contributed by atoms with Crippen LogP contribution < -0.4 is 16.4 Å². The average Bonchev–Trinajstić information content (AvgIpc) is 3.64. The van der Waals surface area contributed by atoms with Crippen LogP contribution in [0.3, 0.4) is 0 Å². The Balaban J connectivity index is 1.24. The number of ether oxygens (including phenoxy) is 3. The highest BCUT2D eigenvalue weighted by Gasteiger charge is 2.48. The van der Waals surface area contributed by atoms with Crippen LogP contribution in [0.25, 0.3) is 0 Å². The minimum atomic E-state index is -0.567. The lowest BCUT2D eigenvalue weighted by Gasteiger charge is -2.45. The van der Waals surface area contributed by atoms with Crippen LogP contribution in [0.4, 0.5) is 5.69 Å². The van der Waals surface area contributed by atoms with E-state index in [0.29, 0.717) is 28.7 Å². The predicted octanol–water partition coefficient (Wildman–Crippen LogP) is 3.50. The molecule has 6 unspecified atom stereocenters. The number of aromatic nitrogens is 1. The Bertz CT molecular complexity index is 1570. The number of aliphatic imine (C=N–C) groups is 1. The third-order valence-electron chi connectivity index (χ3n) is 10.8. The van der Waals surface area contributed by atoms with Crippen molar-refractivity contribution in [3.63, 3.8) is 0 Å². The summed E-state index contributed by atoms with van der Waals surface area (Å²) >= 11 is 0. The summed E-state index contributed by atoms with van der Waals surface area (Å²) in [6.07, 6.45) is 7.82. The first kappa shape index (κ1) is 30.2. The van der Waals surface area contributed by atoms with Crippen LogP contribution in [0.2, 0.25) is 0 Å². The van der Waals surface area contributed by atoms with Gasteiger partial charge in [0.2, 0.25) is 0 Å². The van der Waals surface area contributed by atoms with E-state index in [1.165, 1.54) is 5.56 Å². The largest absolute Gasteiger partial charge is 0.472 e. The van der Waals surface area contributed by atoms with Crippen LogP contribution in [0.1, 0.15) is 86.6 Å². The summed E-state index contributed by atoms with van der Waals surface area (Å²) < 4.78 is 25.1. The molecule has 1 aromatic carbocycles. The Labute approximate surface area is 265 Å². The fourth-order valence-corrected chi connectivity index (χ4v) is 8.19. The van der Waals surface area contributed by atoms with Gasteiger partial charge in [0.1, 0.15) is 12.2 Å². The highest BCUT2D eigenvalue weighted by molar-refractivity contribution is 6.00. The van der Waals surface area contributed by atoms with Gasteiger partial charge in [0, 0.05) is 43.6 Å². The molecule has 2 aliphatic carbocycles. The van der Waals surface area contributed by atoms with Gasteiger partial charge < -0.3 is 35.1 Å². The molecular formula is C34H45N7O4. The van der Waals surface area contributed by atoms with Crippen molar-refractivity contribution in [1.82, 2.24) is 20.7 Å². The van der Waals surface area contributed by atoms with Crippen molar-refractivity contribution in [1.29, 1.82) is 5.26 Å². The number of rotatable bonds is 7. The van der Waals surface area contributed by atoms with E-state index >= 15 is 0 Å². The molecule has 11 nitrogen and oxygen atoms in total. The van der Waals surface area contributed by atoms with Crippen molar-refractivity contribution in [2.45, 2.75) is 107 Å². The molecular weight excluding hydrogens is 570 g/mol. The number of nitrogens with zero attached hydrogens (tertiary/aromatic N) is 4. The Hall–Kier alpha value is -3.43. The van der Waals surface area contributed by atoms with Crippen molar-refractivity contribution in [2.75, 3.05) is 33.0 Å². The van der Waals surface area contributed by atoms with Crippen molar-refractivity contribution < 1.29 is 18.7 Å². The monoisotopic (exact) mass is 615 g/mol. The van der Waals surface area contributed by atoms with E-state index in [4.69, 9.17) is 29.5 Å². The van der Waals surface area contributed by atoms with E-state index in [2.05, 4.69) is 60.6 Å². The number of hydrogen-bond donors (Lipinski definition) is 3. The number of benzene rings is 1. The highest BCUT2D eigenvalue weighted by atomic mass is 16.5. The smallest absolute Gasteiger partial charge is 0.193 e. The van der Waals surface area contributed by atoms with Crippen LogP contribution >= 0.6 is 0 Å². The molecule has 0 radical (unpaired) electrons. The summed E-state index contributed by atoms with van der Waals surface area (Å²) in [5, 5.41) is 21.7. The second-order valence-electron chi connectivity index (χ2n) is 14.0. The van der Waals surface area contributed by atoms with Gasteiger partial charge in [0.05, 0.1) is 28.7 Å². The average molecular weight is 616 g/mol. The number of hydrogen-bond acceptors (Lipinski definition) is 11. The van der Waals surface area contributed by atoms with Crippen molar-refractivity contribution in [2.24, 2.45) is 4.99 Å². The van der Waals surface area contributed by atoms with Crippen LogP contribution in [-0.4, -0.2) is 79.3 Å². The number of methoxy groups -OCH3 is 1. The molecule has 0 saturated carbocycles. The molecule has 5 aliphatic rings. The Morgan fingerprint density at radius 1 is 1.22 bits per heavy atom. The normalized spacial score (nSPS) is 31.1. The summed E-state index contributed by atoms with van der Waals surface area (Å²) in [6, 6.07) is 6.57. The summed E-state index contributed by atoms with van der Waals surface area (Å²) in [5.74, 6) is 2.02. The zero-order chi connectivity index (χ0) is 31.5. The molecule has 0 amide bonds. The second kappa shape index (κ2) is 11.4.